The van der Waals surface area contributed by atoms with Gasteiger partial charge in [-0.2, -0.15) is 0 Å². The monoisotopic (exact) mass is 340 g/mol. The summed E-state index contributed by atoms with van der Waals surface area (Å²) in [5.74, 6) is 1.04. The van der Waals surface area contributed by atoms with Gasteiger partial charge in [-0.05, 0) is 0 Å². The van der Waals surface area contributed by atoms with Crippen LogP contribution in [0.25, 0.3) is 0 Å². The van der Waals surface area contributed by atoms with Crippen molar-refractivity contribution >= 4 is 19.4 Å². The summed E-state index contributed by atoms with van der Waals surface area (Å²) in [5.41, 5.74) is 0.157. The van der Waals surface area contributed by atoms with Gasteiger partial charge in [0.25, 0.3) is 0 Å². The normalized spacial score (nSPS) is 24.9. The molecule has 1 aromatic carbocycles. The number of ether oxygens (including phenoxy) is 2. The molecule has 2 nitrogen and oxygen atoms in total. The van der Waals surface area contributed by atoms with Crippen LogP contribution in [0.15, 0.2) is 41.1 Å². The average Bonchev–Trinajstić information content (AvgIpc) is 2.81. The Balaban J connectivity index is 2.07. The van der Waals surface area contributed by atoms with Crippen molar-refractivity contribution in [2.45, 2.75) is 46.3 Å². The Morgan fingerprint density at radius 3 is 2.60 bits per heavy atom. The minimum absolute atomic E-state index is 0.134. The topological polar surface area (TPSA) is 18.5 Å². The van der Waals surface area contributed by atoms with Gasteiger partial charge in [0.1, 0.15) is 0 Å². The van der Waals surface area contributed by atoms with Crippen molar-refractivity contribution in [1.29, 1.82) is 0 Å². The van der Waals surface area contributed by atoms with Crippen molar-refractivity contribution in [2.24, 2.45) is 5.41 Å². The molecule has 1 aromatic rings. The fourth-order valence-electron chi connectivity index (χ4n) is 2.21. The minimum atomic E-state index is 0.134. The molecule has 1 saturated heterocycles. The molecule has 0 bridgehead atoms. The van der Waals surface area contributed by atoms with Crippen molar-refractivity contribution in [1.82, 2.24) is 0 Å². The molecule has 2 rings (SSSR count). The Morgan fingerprint density at radius 1 is 1.30 bits per heavy atom. The number of benzene rings is 1. The summed E-state index contributed by atoms with van der Waals surface area (Å²) in [6, 6.07) is 10.6. The van der Waals surface area contributed by atoms with Gasteiger partial charge in [-0.25, -0.2) is 0 Å². The first kappa shape index (κ1) is 15.6. The molecule has 20 heavy (non-hydrogen) atoms. The zero-order valence-electron chi connectivity index (χ0n) is 12.8. The Bertz CT molecular complexity index is 448. The van der Waals surface area contributed by atoms with E-state index >= 15 is 0 Å². The predicted octanol–water partition coefficient (Wildman–Crippen LogP) is 3.10. The first-order valence-corrected chi connectivity index (χ1v) is 9.05. The summed E-state index contributed by atoms with van der Waals surface area (Å²) in [6.45, 7) is 9.47. The molecular formula is C17H24O2Se. The second-order valence-electron chi connectivity index (χ2n) is 6.10. The fraction of sp³-hybridized carbons (Fsp3) is 0.529. The molecule has 1 heterocycles. The van der Waals surface area contributed by atoms with E-state index in [2.05, 4.69) is 56.1 Å². The van der Waals surface area contributed by atoms with Gasteiger partial charge >= 0.3 is 128 Å². The molecular weight excluding hydrogens is 315 g/mol. The fourth-order valence-corrected chi connectivity index (χ4v) is 3.83. The molecule has 0 spiro atoms. The molecule has 0 unspecified atom stereocenters. The van der Waals surface area contributed by atoms with Gasteiger partial charge in [-0.15, -0.1) is 0 Å². The number of hydrogen-bond acceptors (Lipinski definition) is 2. The van der Waals surface area contributed by atoms with E-state index in [1.807, 2.05) is 6.92 Å². The van der Waals surface area contributed by atoms with Crippen LogP contribution < -0.4 is 4.46 Å². The van der Waals surface area contributed by atoms with E-state index in [1.54, 1.807) is 0 Å². The molecule has 2 atom stereocenters. The third-order valence-corrected chi connectivity index (χ3v) is 5.29. The Labute approximate surface area is 128 Å². The van der Waals surface area contributed by atoms with Crippen LogP contribution >= 0.6 is 0 Å². The number of rotatable bonds is 4. The second-order valence-corrected chi connectivity index (χ2v) is 8.08. The Hall–Kier alpha value is -0.761. The summed E-state index contributed by atoms with van der Waals surface area (Å²) >= 11 is 0.304. The third kappa shape index (κ3) is 4.11. The number of hydrogen-bond donors (Lipinski definition) is 0. The van der Waals surface area contributed by atoms with Crippen molar-refractivity contribution in [3.05, 3.63) is 41.1 Å². The molecule has 0 amide bonds. The standard InChI is InChI=1S/C17H24O2Se/c1-5-18-14-11-16(17(2,3)4)19-15(14)12-20-13-9-7-6-8-10-13/h6-10,12,14,16H,5,11H2,1-4H3/b15-12-/t14-,16+/m1/s1. The van der Waals surface area contributed by atoms with Crippen LogP contribution in [0.2, 0.25) is 0 Å². The van der Waals surface area contributed by atoms with Gasteiger partial charge in [0.05, 0.1) is 0 Å². The van der Waals surface area contributed by atoms with Crippen molar-refractivity contribution < 1.29 is 9.47 Å². The summed E-state index contributed by atoms with van der Waals surface area (Å²) in [5, 5.41) is 0. The molecule has 1 aliphatic rings. The zero-order valence-corrected chi connectivity index (χ0v) is 14.5. The van der Waals surface area contributed by atoms with Crippen molar-refractivity contribution in [3.63, 3.8) is 0 Å². The van der Waals surface area contributed by atoms with Crippen molar-refractivity contribution in [2.75, 3.05) is 6.61 Å². The van der Waals surface area contributed by atoms with E-state index in [9.17, 15) is 0 Å². The van der Waals surface area contributed by atoms with Crippen LogP contribution in [0.3, 0.4) is 0 Å². The molecule has 0 aromatic heterocycles. The van der Waals surface area contributed by atoms with E-state index in [-0.39, 0.29) is 17.6 Å². The van der Waals surface area contributed by atoms with E-state index in [0.717, 1.165) is 18.8 Å². The Morgan fingerprint density at radius 2 is 2.00 bits per heavy atom. The SMILES string of the molecule is CCO[C@@H]1C[C@@H](C(C)(C)C)O/C1=C\[Se]c1ccccc1. The molecule has 1 fully saturated rings. The molecule has 0 N–H and O–H groups in total. The quantitative estimate of drug-likeness (QED) is 0.785. The van der Waals surface area contributed by atoms with Crippen molar-refractivity contribution in [3.8, 4) is 0 Å². The summed E-state index contributed by atoms with van der Waals surface area (Å²) in [6.07, 6.45) is 1.35. The van der Waals surface area contributed by atoms with Crippen LogP contribution in [0, 0.1) is 5.41 Å². The molecule has 0 saturated carbocycles. The zero-order chi connectivity index (χ0) is 14.6. The van der Waals surface area contributed by atoms with Gasteiger partial charge in [-0.1, -0.05) is 0 Å². The van der Waals surface area contributed by atoms with Crippen LogP contribution in [-0.2, 0) is 9.47 Å². The molecule has 0 aliphatic carbocycles. The van der Waals surface area contributed by atoms with E-state index in [1.165, 1.54) is 4.46 Å². The van der Waals surface area contributed by atoms with E-state index in [0.29, 0.717) is 15.0 Å². The molecule has 3 heteroatoms. The predicted molar refractivity (Wildman–Crippen MR) is 84.3 cm³/mol. The summed E-state index contributed by atoms with van der Waals surface area (Å²) in [4.78, 5) is 2.24. The van der Waals surface area contributed by atoms with Gasteiger partial charge in [0.2, 0.25) is 0 Å². The van der Waals surface area contributed by atoms with Crippen LogP contribution in [0.4, 0.5) is 0 Å². The molecule has 1 aliphatic heterocycles. The average molecular weight is 339 g/mol. The van der Waals surface area contributed by atoms with Crippen LogP contribution in [0.5, 0.6) is 0 Å². The maximum atomic E-state index is 6.16. The van der Waals surface area contributed by atoms with Crippen LogP contribution in [0.1, 0.15) is 34.1 Å². The molecule has 0 radical (unpaired) electrons. The first-order chi connectivity index (χ1) is 9.50. The van der Waals surface area contributed by atoms with E-state index < -0.39 is 0 Å². The summed E-state index contributed by atoms with van der Waals surface area (Å²) < 4.78 is 13.4. The second kappa shape index (κ2) is 6.80. The van der Waals surface area contributed by atoms with Gasteiger partial charge in [0.15, 0.2) is 0 Å². The van der Waals surface area contributed by atoms with Crippen LogP contribution in [-0.4, -0.2) is 33.8 Å². The first-order valence-electron chi connectivity index (χ1n) is 7.20. The summed E-state index contributed by atoms with van der Waals surface area (Å²) in [7, 11) is 0. The van der Waals surface area contributed by atoms with E-state index in [4.69, 9.17) is 9.47 Å². The molecule has 110 valence electrons. The maximum absolute atomic E-state index is 6.16. The van der Waals surface area contributed by atoms with Gasteiger partial charge in [0, 0.05) is 0 Å². The third-order valence-electron chi connectivity index (χ3n) is 3.41. The Kier molecular flexibility index (Phi) is 5.31. The van der Waals surface area contributed by atoms with Gasteiger partial charge < -0.3 is 0 Å². The van der Waals surface area contributed by atoms with Gasteiger partial charge in [-0.3, -0.25) is 0 Å².